The SMILES string of the molecule is CCCCCCCCCCCCCC(C)(CCCCCCCCCCCCC)C(C(=O)O)C(C(=O)O)(C(=O)OC1CC(C)(C)N(C)C(C)(C)C1)C(=O)OC1CC(C)(C)N(C)C(C)(C)C1. The first-order chi connectivity index (χ1) is 29.9. The van der Waals surface area contributed by atoms with Crippen molar-refractivity contribution in [1.82, 2.24) is 9.80 Å². The molecule has 0 saturated carbocycles. The van der Waals surface area contributed by atoms with Crippen LogP contribution in [0.1, 0.15) is 256 Å². The second kappa shape index (κ2) is 26.4. The monoisotopic (exact) mass is 905 g/mol. The van der Waals surface area contributed by atoms with Crippen LogP contribution in [0.15, 0.2) is 0 Å². The van der Waals surface area contributed by atoms with E-state index in [9.17, 15) is 19.8 Å². The summed E-state index contributed by atoms with van der Waals surface area (Å²) in [5.41, 5.74) is -6.03. The molecule has 2 fully saturated rings. The minimum Gasteiger partial charge on any atom is -0.481 e. The van der Waals surface area contributed by atoms with Crippen molar-refractivity contribution in [2.24, 2.45) is 16.7 Å². The molecule has 0 amide bonds. The van der Waals surface area contributed by atoms with Gasteiger partial charge in [0.15, 0.2) is 0 Å². The number of carbonyl (C=O) groups excluding carboxylic acids is 2. The quantitative estimate of drug-likeness (QED) is 0.0382. The average Bonchev–Trinajstić information content (AvgIpc) is 3.18. The van der Waals surface area contributed by atoms with Crippen LogP contribution in [-0.2, 0) is 28.7 Å². The van der Waals surface area contributed by atoms with E-state index in [4.69, 9.17) is 9.47 Å². The van der Waals surface area contributed by atoms with Crippen molar-refractivity contribution in [1.29, 1.82) is 0 Å². The normalized spacial score (nSPS) is 19.9. The minimum atomic E-state index is -3.12. The highest BCUT2D eigenvalue weighted by molar-refractivity contribution is 6.20. The number of carboxylic acids is 2. The van der Waals surface area contributed by atoms with Gasteiger partial charge in [-0.25, -0.2) is 0 Å². The molecule has 0 spiro atoms. The van der Waals surface area contributed by atoms with Gasteiger partial charge >= 0.3 is 23.9 Å². The summed E-state index contributed by atoms with van der Waals surface area (Å²) in [5.74, 6) is -7.82. The Morgan fingerprint density at radius 2 is 0.750 bits per heavy atom. The molecule has 10 heteroatoms. The largest absolute Gasteiger partial charge is 0.481 e. The lowest BCUT2D eigenvalue weighted by atomic mass is 9.58. The molecule has 0 aliphatic carbocycles. The zero-order valence-corrected chi connectivity index (χ0v) is 43.8. The zero-order valence-electron chi connectivity index (χ0n) is 43.8. The summed E-state index contributed by atoms with van der Waals surface area (Å²) in [5, 5.41) is 23.0. The van der Waals surface area contributed by atoms with Crippen molar-refractivity contribution < 1.29 is 38.9 Å². The summed E-state index contributed by atoms with van der Waals surface area (Å²) >= 11 is 0. The predicted octanol–water partition coefficient (Wildman–Crippen LogP) is 13.6. The van der Waals surface area contributed by atoms with E-state index in [0.717, 1.165) is 51.4 Å². The van der Waals surface area contributed by atoms with Gasteiger partial charge in [-0.05, 0) is 87.7 Å². The van der Waals surface area contributed by atoms with Crippen LogP contribution in [0.3, 0.4) is 0 Å². The molecule has 10 nitrogen and oxygen atoms in total. The van der Waals surface area contributed by atoms with Gasteiger partial charge < -0.3 is 19.7 Å². The number of likely N-dealkylation sites (tertiary alicyclic amines) is 2. The molecule has 0 aromatic heterocycles. The van der Waals surface area contributed by atoms with Gasteiger partial charge in [0.25, 0.3) is 5.41 Å². The first kappa shape index (κ1) is 57.9. The Morgan fingerprint density at radius 1 is 0.500 bits per heavy atom. The molecule has 2 aliphatic heterocycles. The van der Waals surface area contributed by atoms with E-state index in [0.29, 0.717) is 51.4 Å². The van der Waals surface area contributed by atoms with Crippen molar-refractivity contribution >= 4 is 23.9 Å². The third-order valence-corrected chi connectivity index (χ3v) is 16.1. The number of aliphatic carboxylic acids is 2. The molecule has 374 valence electrons. The maximum Gasteiger partial charge on any atom is 0.336 e. The van der Waals surface area contributed by atoms with E-state index in [1.807, 2.05) is 21.0 Å². The number of carboxylic acid groups (broad SMARTS) is 2. The van der Waals surface area contributed by atoms with E-state index >= 15 is 9.59 Å². The van der Waals surface area contributed by atoms with Gasteiger partial charge in [-0.2, -0.15) is 0 Å². The number of ether oxygens (including phenoxy) is 2. The second-order valence-electron chi connectivity index (χ2n) is 23.3. The Balaban J connectivity index is 2.56. The van der Waals surface area contributed by atoms with Crippen molar-refractivity contribution in [2.75, 3.05) is 14.1 Å². The Labute approximate surface area is 392 Å². The van der Waals surface area contributed by atoms with Crippen LogP contribution in [0.25, 0.3) is 0 Å². The Morgan fingerprint density at radius 3 is 0.984 bits per heavy atom. The highest BCUT2D eigenvalue weighted by Crippen LogP contribution is 2.51. The van der Waals surface area contributed by atoms with Gasteiger partial charge in [0.05, 0.1) is 5.92 Å². The van der Waals surface area contributed by atoms with Crippen molar-refractivity contribution in [2.45, 2.75) is 290 Å². The summed E-state index contributed by atoms with van der Waals surface area (Å²) in [6.07, 6.45) is 25.5. The lowest BCUT2D eigenvalue weighted by Crippen LogP contribution is -2.64. The maximum atomic E-state index is 15.2. The fraction of sp³-hybridized carbons (Fsp3) is 0.926. The van der Waals surface area contributed by atoms with Crippen LogP contribution in [0.5, 0.6) is 0 Å². The fourth-order valence-electron chi connectivity index (χ4n) is 11.6. The molecule has 2 rings (SSSR count). The maximum absolute atomic E-state index is 15.2. The van der Waals surface area contributed by atoms with Crippen LogP contribution in [0.2, 0.25) is 0 Å². The highest BCUT2D eigenvalue weighted by atomic mass is 16.6. The van der Waals surface area contributed by atoms with Gasteiger partial charge in [-0.15, -0.1) is 0 Å². The summed E-state index contributed by atoms with van der Waals surface area (Å²) in [6.45, 7) is 22.7. The Bertz CT molecular complexity index is 1300. The Kier molecular flexibility index (Phi) is 23.9. The fourth-order valence-corrected chi connectivity index (χ4v) is 11.6. The minimum absolute atomic E-state index is 0.372. The number of hydrogen-bond acceptors (Lipinski definition) is 8. The summed E-state index contributed by atoms with van der Waals surface area (Å²) in [7, 11) is 4.05. The third kappa shape index (κ3) is 16.5. The molecule has 0 radical (unpaired) electrons. The molecular weight excluding hydrogens is 805 g/mol. The molecule has 2 heterocycles. The topological polar surface area (TPSA) is 134 Å². The first-order valence-electron chi connectivity index (χ1n) is 26.2. The van der Waals surface area contributed by atoms with Crippen LogP contribution < -0.4 is 0 Å². The number of piperidine rings is 2. The lowest BCUT2D eigenvalue weighted by Gasteiger charge is -2.54. The highest BCUT2D eigenvalue weighted by Gasteiger charge is 2.70. The van der Waals surface area contributed by atoms with Gasteiger partial charge in [0.1, 0.15) is 12.2 Å². The lowest BCUT2D eigenvalue weighted by molar-refractivity contribution is -0.207. The second-order valence-corrected chi connectivity index (χ2v) is 23.3. The number of hydrogen-bond donors (Lipinski definition) is 2. The van der Waals surface area contributed by atoms with Crippen molar-refractivity contribution in [3.05, 3.63) is 0 Å². The van der Waals surface area contributed by atoms with Gasteiger partial charge in [-0.3, -0.25) is 29.0 Å². The van der Waals surface area contributed by atoms with E-state index in [-0.39, 0.29) is 0 Å². The van der Waals surface area contributed by atoms with Crippen LogP contribution in [0.4, 0.5) is 0 Å². The molecule has 2 N–H and O–H groups in total. The van der Waals surface area contributed by atoms with Gasteiger partial charge in [0.2, 0.25) is 0 Å². The van der Waals surface area contributed by atoms with Crippen LogP contribution in [-0.4, -0.2) is 92.3 Å². The molecule has 1 unspecified atom stereocenters. The van der Waals surface area contributed by atoms with Gasteiger partial charge in [-0.1, -0.05) is 162 Å². The zero-order chi connectivity index (χ0) is 48.4. The molecular formula is C54H100N2O8. The molecule has 1 atom stereocenters. The van der Waals surface area contributed by atoms with Crippen molar-refractivity contribution in [3.63, 3.8) is 0 Å². The van der Waals surface area contributed by atoms with Crippen LogP contribution >= 0.6 is 0 Å². The van der Waals surface area contributed by atoms with Gasteiger partial charge in [0, 0.05) is 47.8 Å². The molecule has 0 aromatic carbocycles. The Hall–Kier alpha value is -2.20. The molecule has 2 saturated heterocycles. The molecule has 64 heavy (non-hydrogen) atoms. The number of carbonyl (C=O) groups is 4. The third-order valence-electron chi connectivity index (χ3n) is 16.1. The number of unbranched alkanes of at least 4 members (excludes halogenated alkanes) is 20. The number of nitrogens with zero attached hydrogens (tertiary/aromatic N) is 2. The number of esters is 2. The van der Waals surface area contributed by atoms with Crippen molar-refractivity contribution in [3.8, 4) is 0 Å². The molecule has 0 bridgehead atoms. The molecule has 0 aromatic rings. The van der Waals surface area contributed by atoms with E-state index in [2.05, 4.69) is 79.0 Å². The smallest absolute Gasteiger partial charge is 0.336 e. The van der Waals surface area contributed by atoms with Crippen LogP contribution in [0, 0.1) is 16.7 Å². The van der Waals surface area contributed by atoms with E-state index in [1.54, 1.807) is 0 Å². The average molecular weight is 905 g/mol. The summed E-state index contributed by atoms with van der Waals surface area (Å²) in [4.78, 5) is 63.2. The van der Waals surface area contributed by atoms with E-state index in [1.165, 1.54) is 77.0 Å². The molecule has 2 aliphatic rings. The first-order valence-corrected chi connectivity index (χ1v) is 26.2. The summed E-state index contributed by atoms with van der Waals surface area (Å²) in [6, 6.07) is 0. The predicted molar refractivity (Wildman–Crippen MR) is 262 cm³/mol. The standard InChI is InChI=1S/C54H100N2O8/c1-14-16-18-20-22-24-26-28-30-32-34-36-53(11,37-35-33-31-29-27-25-23-21-19-17-15-2)44(45(57)58)54(46(59)60,47(61)63-42-38-49(3,4)55(12)50(5,6)39-42)48(62)64-43-40-51(7,8)56(13)52(9,10)41-43/h42-44H,14-41H2,1-13H3,(H,57,58)(H,59,60). The summed E-state index contributed by atoms with van der Waals surface area (Å²) < 4.78 is 12.6. The van der Waals surface area contributed by atoms with E-state index < -0.39 is 75.0 Å². The number of rotatable bonds is 32.